The van der Waals surface area contributed by atoms with Crippen LogP contribution in [0.25, 0.3) is 0 Å². The molecule has 2 amide bonds. The largest absolute Gasteiger partial charge is 0.354 e. The molecule has 1 unspecified atom stereocenters. The zero-order chi connectivity index (χ0) is 13.6. The lowest BCUT2D eigenvalue weighted by Crippen LogP contribution is -2.49. The van der Waals surface area contributed by atoms with Crippen molar-refractivity contribution in [1.82, 2.24) is 16.0 Å². The molecule has 5 nitrogen and oxygen atoms in total. The van der Waals surface area contributed by atoms with Gasteiger partial charge in [0.2, 0.25) is 11.8 Å². The van der Waals surface area contributed by atoms with E-state index in [2.05, 4.69) is 16.0 Å². The molecule has 0 radical (unpaired) electrons. The van der Waals surface area contributed by atoms with Gasteiger partial charge in [-0.3, -0.25) is 9.59 Å². The Morgan fingerprint density at radius 2 is 2.11 bits per heavy atom. The maximum atomic E-state index is 11.7. The molecule has 104 valence electrons. The second-order valence-corrected chi connectivity index (χ2v) is 6.57. The van der Waals surface area contributed by atoms with Gasteiger partial charge in [0, 0.05) is 36.6 Å². The zero-order valence-corrected chi connectivity index (χ0v) is 12.2. The number of carbonyl (C=O) groups excluding carboxylic acids is 2. The van der Waals surface area contributed by atoms with E-state index in [9.17, 15) is 9.59 Å². The summed E-state index contributed by atoms with van der Waals surface area (Å²) in [5, 5.41) is 8.82. The van der Waals surface area contributed by atoms with E-state index in [0.717, 1.165) is 18.1 Å². The van der Waals surface area contributed by atoms with Crippen LogP contribution in [0, 0.1) is 0 Å². The van der Waals surface area contributed by atoms with Gasteiger partial charge in [0.25, 0.3) is 0 Å². The fourth-order valence-corrected chi connectivity index (χ4v) is 2.57. The van der Waals surface area contributed by atoms with Crippen LogP contribution in [0.4, 0.5) is 0 Å². The standard InChI is InChI=1S/C12H23N3O2S/c1-12(2,3)15-10(16)4-5-14-11(17)9-8-18-7-6-13-9/h9,13H,4-8H2,1-3H3,(H,14,17)(H,15,16). The Bertz CT molecular complexity index is 296. The molecule has 0 saturated carbocycles. The normalized spacial score (nSPS) is 20.3. The van der Waals surface area contributed by atoms with Crippen LogP contribution >= 0.6 is 11.8 Å². The molecule has 0 spiro atoms. The van der Waals surface area contributed by atoms with Gasteiger partial charge in [0.05, 0.1) is 6.04 Å². The molecule has 0 aromatic heterocycles. The van der Waals surface area contributed by atoms with Crippen LogP contribution in [-0.2, 0) is 9.59 Å². The van der Waals surface area contributed by atoms with Crippen molar-refractivity contribution in [1.29, 1.82) is 0 Å². The lowest BCUT2D eigenvalue weighted by atomic mass is 10.1. The Morgan fingerprint density at radius 3 is 2.67 bits per heavy atom. The van der Waals surface area contributed by atoms with Gasteiger partial charge in [-0.1, -0.05) is 0 Å². The average Bonchev–Trinajstić information content (AvgIpc) is 2.27. The highest BCUT2D eigenvalue weighted by atomic mass is 32.2. The highest BCUT2D eigenvalue weighted by Crippen LogP contribution is 2.07. The van der Waals surface area contributed by atoms with Gasteiger partial charge < -0.3 is 16.0 Å². The topological polar surface area (TPSA) is 70.2 Å². The summed E-state index contributed by atoms with van der Waals surface area (Å²) in [5.41, 5.74) is -0.220. The molecule has 0 aliphatic carbocycles. The fourth-order valence-electron chi connectivity index (χ4n) is 1.64. The van der Waals surface area contributed by atoms with Crippen LogP contribution in [-0.4, -0.2) is 48.0 Å². The molecule has 0 aromatic carbocycles. The Hall–Kier alpha value is -0.750. The van der Waals surface area contributed by atoms with Crippen LogP contribution in [0.5, 0.6) is 0 Å². The van der Waals surface area contributed by atoms with Crippen molar-refractivity contribution in [2.75, 3.05) is 24.6 Å². The van der Waals surface area contributed by atoms with E-state index in [-0.39, 0.29) is 23.4 Å². The number of carbonyl (C=O) groups is 2. The third-order valence-corrected chi connectivity index (χ3v) is 3.47. The molecule has 1 aliphatic rings. The van der Waals surface area contributed by atoms with Crippen molar-refractivity contribution < 1.29 is 9.59 Å². The number of rotatable bonds is 4. The lowest BCUT2D eigenvalue weighted by Gasteiger charge is -2.23. The SMILES string of the molecule is CC(C)(C)NC(=O)CCNC(=O)C1CSCCN1. The Labute approximate surface area is 113 Å². The first kappa shape index (κ1) is 15.3. The monoisotopic (exact) mass is 273 g/mol. The Morgan fingerprint density at radius 1 is 1.39 bits per heavy atom. The highest BCUT2D eigenvalue weighted by Gasteiger charge is 2.20. The summed E-state index contributed by atoms with van der Waals surface area (Å²) in [5.74, 6) is 1.82. The maximum absolute atomic E-state index is 11.7. The molecule has 1 saturated heterocycles. The van der Waals surface area contributed by atoms with Gasteiger partial charge in [-0.2, -0.15) is 11.8 Å². The predicted molar refractivity (Wildman–Crippen MR) is 74.6 cm³/mol. The van der Waals surface area contributed by atoms with Crippen LogP contribution in [0.2, 0.25) is 0 Å². The summed E-state index contributed by atoms with van der Waals surface area (Å²) < 4.78 is 0. The molecule has 1 aliphatic heterocycles. The first-order chi connectivity index (χ1) is 8.38. The van der Waals surface area contributed by atoms with Crippen molar-refractivity contribution in [3.63, 3.8) is 0 Å². The molecule has 1 rings (SSSR count). The number of nitrogens with one attached hydrogen (secondary N) is 3. The van der Waals surface area contributed by atoms with Gasteiger partial charge >= 0.3 is 0 Å². The molecule has 3 N–H and O–H groups in total. The smallest absolute Gasteiger partial charge is 0.238 e. The van der Waals surface area contributed by atoms with E-state index in [4.69, 9.17) is 0 Å². The van der Waals surface area contributed by atoms with Crippen molar-refractivity contribution in [3.8, 4) is 0 Å². The molecule has 1 heterocycles. The quantitative estimate of drug-likeness (QED) is 0.680. The van der Waals surface area contributed by atoms with Gasteiger partial charge in [0.1, 0.15) is 0 Å². The molecule has 1 fully saturated rings. The number of hydrogen-bond acceptors (Lipinski definition) is 4. The van der Waals surface area contributed by atoms with Crippen LogP contribution in [0.1, 0.15) is 27.2 Å². The van der Waals surface area contributed by atoms with Crippen LogP contribution in [0.15, 0.2) is 0 Å². The van der Waals surface area contributed by atoms with Crippen molar-refractivity contribution in [3.05, 3.63) is 0 Å². The zero-order valence-electron chi connectivity index (χ0n) is 11.3. The van der Waals surface area contributed by atoms with E-state index in [1.165, 1.54) is 0 Å². The van der Waals surface area contributed by atoms with Crippen LogP contribution < -0.4 is 16.0 Å². The summed E-state index contributed by atoms with van der Waals surface area (Å²) in [6.45, 7) is 7.07. The summed E-state index contributed by atoms with van der Waals surface area (Å²) in [6, 6.07) is -0.116. The minimum atomic E-state index is -0.220. The second-order valence-electron chi connectivity index (χ2n) is 5.42. The number of thioether (sulfide) groups is 1. The van der Waals surface area contributed by atoms with Gasteiger partial charge in [-0.25, -0.2) is 0 Å². The Kier molecular flexibility index (Phi) is 5.95. The van der Waals surface area contributed by atoms with E-state index in [1.807, 2.05) is 20.8 Å². The average molecular weight is 273 g/mol. The third kappa shape index (κ3) is 6.26. The van der Waals surface area contributed by atoms with Crippen LogP contribution in [0.3, 0.4) is 0 Å². The van der Waals surface area contributed by atoms with E-state index >= 15 is 0 Å². The van der Waals surface area contributed by atoms with Gasteiger partial charge in [-0.15, -0.1) is 0 Å². The van der Waals surface area contributed by atoms with E-state index in [0.29, 0.717) is 13.0 Å². The highest BCUT2D eigenvalue weighted by molar-refractivity contribution is 7.99. The summed E-state index contributed by atoms with van der Waals surface area (Å²) in [7, 11) is 0. The first-order valence-corrected chi connectivity index (χ1v) is 7.44. The number of amides is 2. The molecule has 6 heteroatoms. The predicted octanol–water partition coefficient (Wildman–Crippen LogP) is 0.112. The molecule has 0 bridgehead atoms. The van der Waals surface area contributed by atoms with Crippen molar-refractivity contribution in [2.24, 2.45) is 0 Å². The molecular formula is C12H23N3O2S. The minimum absolute atomic E-state index is 0.00856. The van der Waals surface area contributed by atoms with Crippen molar-refractivity contribution in [2.45, 2.75) is 38.8 Å². The molecule has 1 atom stereocenters. The van der Waals surface area contributed by atoms with E-state index in [1.54, 1.807) is 11.8 Å². The van der Waals surface area contributed by atoms with Gasteiger partial charge in [0.15, 0.2) is 0 Å². The fraction of sp³-hybridized carbons (Fsp3) is 0.833. The number of hydrogen-bond donors (Lipinski definition) is 3. The second kappa shape index (κ2) is 6.99. The third-order valence-electron chi connectivity index (χ3n) is 2.40. The van der Waals surface area contributed by atoms with E-state index < -0.39 is 0 Å². The molecule has 0 aromatic rings. The Balaban J connectivity index is 2.17. The molecular weight excluding hydrogens is 250 g/mol. The maximum Gasteiger partial charge on any atom is 0.238 e. The van der Waals surface area contributed by atoms with Crippen molar-refractivity contribution >= 4 is 23.6 Å². The lowest BCUT2D eigenvalue weighted by molar-refractivity contribution is -0.123. The summed E-state index contributed by atoms with van der Waals surface area (Å²) in [4.78, 5) is 23.3. The summed E-state index contributed by atoms with van der Waals surface area (Å²) in [6.07, 6.45) is 0.322. The molecule has 18 heavy (non-hydrogen) atoms. The minimum Gasteiger partial charge on any atom is -0.354 e. The first-order valence-electron chi connectivity index (χ1n) is 6.28. The van der Waals surface area contributed by atoms with Gasteiger partial charge in [-0.05, 0) is 20.8 Å². The summed E-state index contributed by atoms with van der Waals surface area (Å²) >= 11 is 1.78.